The van der Waals surface area contributed by atoms with Crippen LogP contribution in [0.2, 0.25) is 0 Å². The molecule has 19 heavy (non-hydrogen) atoms. The number of nitrogen functional groups attached to an aromatic ring is 1. The summed E-state index contributed by atoms with van der Waals surface area (Å²) < 4.78 is 12.9. The first-order valence-electron chi connectivity index (χ1n) is 5.80. The van der Waals surface area contributed by atoms with Crippen molar-refractivity contribution in [2.24, 2.45) is 0 Å². The average Bonchev–Trinajstić information content (AvgIpc) is 2.45. The number of nitrogens with zero attached hydrogens (tertiary/aromatic N) is 1. The number of benzene rings is 2. The third-order valence-corrected chi connectivity index (χ3v) is 3.95. The van der Waals surface area contributed by atoms with Crippen LogP contribution >= 0.6 is 11.8 Å². The van der Waals surface area contributed by atoms with Gasteiger partial charge in [0, 0.05) is 33.0 Å². The van der Waals surface area contributed by atoms with Gasteiger partial charge in [0.2, 0.25) is 0 Å². The van der Waals surface area contributed by atoms with Gasteiger partial charge >= 0.3 is 0 Å². The van der Waals surface area contributed by atoms with Gasteiger partial charge in [-0.2, -0.15) is 0 Å². The third-order valence-electron chi connectivity index (χ3n) is 2.86. The highest BCUT2D eigenvalue weighted by atomic mass is 32.2. The fourth-order valence-electron chi connectivity index (χ4n) is 1.89. The molecule has 0 spiro atoms. The minimum atomic E-state index is -0.234. The summed E-state index contributed by atoms with van der Waals surface area (Å²) in [6, 6.07) is 12.2. The fraction of sp³-hybridized carbons (Fsp3) is 0. The van der Waals surface area contributed by atoms with Crippen molar-refractivity contribution in [3.63, 3.8) is 0 Å². The number of hydrogen-bond acceptors (Lipinski definition) is 3. The summed E-state index contributed by atoms with van der Waals surface area (Å²) in [5, 5.41) is 2.01. The second-order valence-electron chi connectivity index (χ2n) is 4.13. The van der Waals surface area contributed by atoms with E-state index in [4.69, 9.17) is 5.73 Å². The van der Waals surface area contributed by atoms with Gasteiger partial charge in [0.15, 0.2) is 0 Å². The summed E-state index contributed by atoms with van der Waals surface area (Å²) in [6.45, 7) is 0. The fourth-order valence-corrected chi connectivity index (χ4v) is 2.77. The molecule has 1 heterocycles. The second-order valence-corrected chi connectivity index (χ2v) is 5.25. The van der Waals surface area contributed by atoms with Crippen LogP contribution in [0.1, 0.15) is 0 Å². The minimum Gasteiger partial charge on any atom is -0.397 e. The maximum Gasteiger partial charge on any atom is 0.123 e. The van der Waals surface area contributed by atoms with Crippen LogP contribution in [0, 0.1) is 5.82 Å². The topological polar surface area (TPSA) is 38.9 Å². The predicted molar refractivity (Wildman–Crippen MR) is 76.7 cm³/mol. The van der Waals surface area contributed by atoms with Crippen LogP contribution in [0.25, 0.3) is 10.8 Å². The second kappa shape index (κ2) is 4.90. The van der Waals surface area contributed by atoms with Gasteiger partial charge in [0.1, 0.15) is 5.82 Å². The van der Waals surface area contributed by atoms with E-state index in [0.717, 1.165) is 26.3 Å². The molecule has 2 aromatic carbocycles. The Morgan fingerprint density at radius 3 is 2.58 bits per heavy atom. The van der Waals surface area contributed by atoms with E-state index in [1.807, 2.05) is 18.2 Å². The largest absolute Gasteiger partial charge is 0.397 e. The first-order chi connectivity index (χ1) is 9.24. The number of pyridine rings is 1. The van der Waals surface area contributed by atoms with Crippen molar-refractivity contribution < 1.29 is 4.39 Å². The standard InChI is InChI=1S/C15H11FN2S/c16-11-2-4-12(5-3-11)19-14-6-1-10-9-18-8-7-13(10)15(14)17/h1-9H,17H2. The molecule has 2 nitrogen and oxygen atoms in total. The van der Waals surface area contributed by atoms with Gasteiger partial charge in [-0.05, 0) is 36.4 Å². The van der Waals surface area contributed by atoms with Crippen molar-refractivity contribution in [2.45, 2.75) is 9.79 Å². The number of halogens is 1. The zero-order chi connectivity index (χ0) is 13.2. The first-order valence-corrected chi connectivity index (χ1v) is 6.61. The highest BCUT2D eigenvalue weighted by molar-refractivity contribution is 7.99. The molecule has 94 valence electrons. The minimum absolute atomic E-state index is 0.234. The number of aromatic nitrogens is 1. The zero-order valence-electron chi connectivity index (χ0n) is 10.0. The number of rotatable bonds is 2. The van der Waals surface area contributed by atoms with E-state index in [2.05, 4.69) is 4.98 Å². The molecule has 0 aliphatic rings. The van der Waals surface area contributed by atoms with Gasteiger partial charge in [-0.3, -0.25) is 4.98 Å². The van der Waals surface area contributed by atoms with Crippen molar-refractivity contribution in [1.82, 2.24) is 4.98 Å². The van der Waals surface area contributed by atoms with Crippen molar-refractivity contribution in [2.75, 3.05) is 5.73 Å². The maximum atomic E-state index is 12.9. The van der Waals surface area contributed by atoms with Crippen LogP contribution in [0.3, 0.4) is 0 Å². The molecule has 0 aliphatic heterocycles. The normalized spacial score (nSPS) is 10.8. The van der Waals surface area contributed by atoms with E-state index in [1.54, 1.807) is 24.5 Å². The van der Waals surface area contributed by atoms with Gasteiger partial charge in [-0.1, -0.05) is 17.8 Å². The molecule has 0 saturated carbocycles. The number of anilines is 1. The van der Waals surface area contributed by atoms with Gasteiger partial charge in [0.05, 0.1) is 5.69 Å². The lowest BCUT2D eigenvalue weighted by atomic mass is 10.1. The molecule has 0 radical (unpaired) electrons. The van der Waals surface area contributed by atoms with E-state index in [0.29, 0.717) is 0 Å². The smallest absolute Gasteiger partial charge is 0.123 e. The number of nitrogens with two attached hydrogens (primary N) is 1. The Balaban J connectivity index is 2.01. The molecule has 3 aromatic rings. The Morgan fingerprint density at radius 2 is 1.79 bits per heavy atom. The van der Waals surface area contributed by atoms with E-state index in [9.17, 15) is 4.39 Å². The molecular weight excluding hydrogens is 259 g/mol. The highest BCUT2D eigenvalue weighted by Crippen LogP contribution is 2.35. The van der Waals surface area contributed by atoms with Crippen LogP contribution in [0.4, 0.5) is 10.1 Å². The lowest BCUT2D eigenvalue weighted by Crippen LogP contribution is -1.91. The summed E-state index contributed by atoms with van der Waals surface area (Å²) in [6.07, 6.45) is 3.52. The first kappa shape index (κ1) is 12.0. The van der Waals surface area contributed by atoms with Crippen molar-refractivity contribution in [3.8, 4) is 0 Å². The SMILES string of the molecule is Nc1c(Sc2ccc(F)cc2)ccc2cnccc12. The summed E-state index contributed by atoms with van der Waals surface area (Å²) in [5.74, 6) is -0.234. The Bertz CT molecular complexity index is 726. The van der Waals surface area contributed by atoms with Gasteiger partial charge in [-0.15, -0.1) is 0 Å². The average molecular weight is 270 g/mol. The van der Waals surface area contributed by atoms with Crippen LogP contribution in [0.15, 0.2) is 64.6 Å². The van der Waals surface area contributed by atoms with Gasteiger partial charge in [-0.25, -0.2) is 4.39 Å². The van der Waals surface area contributed by atoms with Crippen molar-refractivity contribution in [3.05, 3.63) is 60.7 Å². The predicted octanol–water partition coefficient (Wildman–Crippen LogP) is 4.11. The third kappa shape index (κ3) is 2.39. The van der Waals surface area contributed by atoms with E-state index in [-0.39, 0.29) is 5.82 Å². The van der Waals surface area contributed by atoms with Crippen LogP contribution in [0.5, 0.6) is 0 Å². The van der Waals surface area contributed by atoms with Crippen LogP contribution in [-0.2, 0) is 0 Å². The van der Waals surface area contributed by atoms with Gasteiger partial charge < -0.3 is 5.73 Å². The molecule has 0 unspecified atom stereocenters. The lowest BCUT2D eigenvalue weighted by molar-refractivity contribution is 0.626. The molecule has 0 amide bonds. The molecule has 2 N–H and O–H groups in total. The molecular formula is C15H11FN2S. The monoisotopic (exact) mass is 270 g/mol. The van der Waals surface area contributed by atoms with Gasteiger partial charge in [0.25, 0.3) is 0 Å². The molecule has 3 rings (SSSR count). The van der Waals surface area contributed by atoms with E-state index in [1.165, 1.54) is 23.9 Å². The van der Waals surface area contributed by atoms with E-state index >= 15 is 0 Å². The van der Waals surface area contributed by atoms with Crippen molar-refractivity contribution in [1.29, 1.82) is 0 Å². The lowest BCUT2D eigenvalue weighted by Gasteiger charge is -2.08. The van der Waals surface area contributed by atoms with Crippen molar-refractivity contribution >= 4 is 28.2 Å². The Morgan fingerprint density at radius 1 is 1.00 bits per heavy atom. The molecule has 1 aromatic heterocycles. The number of hydrogen-bond donors (Lipinski definition) is 1. The molecule has 0 aliphatic carbocycles. The molecule has 0 bridgehead atoms. The summed E-state index contributed by atoms with van der Waals surface area (Å²) in [5.41, 5.74) is 6.90. The molecule has 4 heteroatoms. The summed E-state index contributed by atoms with van der Waals surface area (Å²) in [7, 11) is 0. The van der Waals surface area contributed by atoms with E-state index < -0.39 is 0 Å². The highest BCUT2D eigenvalue weighted by Gasteiger charge is 2.06. The Kier molecular flexibility index (Phi) is 3.09. The Labute approximate surface area is 114 Å². The summed E-state index contributed by atoms with van der Waals surface area (Å²) in [4.78, 5) is 6.00. The maximum absolute atomic E-state index is 12.9. The zero-order valence-corrected chi connectivity index (χ0v) is 10.8. The molecule has 0 fully saturated rings. The molecule has 0 saturated heterocycles. The van der Waals surface area contributed by atoms with Crippen LogP contribution < -0.4 is 5.73 Å². The Hall–Kier alpha value is -2.07. The summed E-state index contributed by atoms with van der Waals surface area (Å²) >= 11 is 1.53. The molecule has 0 atom stereocenters. The van der Waals surface area contributed by atoms with Crippen LogP contribution in [-0.4, -0.2) is 4.98 Å². The quantitative estimate of drug-likeness (QED) is 0.712. The number of fused-ring (bicyclic) bond motifs is 1.